The lowest BCUT2D eigenvalue weighted by Crippen LogP contribution is -2.32. The number of hydrogen-bond acceptors (Lipinski definition) is 4. The minimum absolute atomic E-state index is 0.0385. The molecule has 0 atom stereocenters. The minimum Gasteiger partial charge on any atom is -0.467 e. The Balaban J connectivity index is 1.76. The van der Waals surface area contributed by atoms with E-state index in [1.807, 2.05) is 36.4 Å². The van der Waals surface area contributed by atoms with Crippen molar-refractivity contribution < 1.29 is 14.1 Å². The van der Waals surface area contributed by atoms with E-state index in [0.717, 1.165) is 5.56 Å². The third-order valence-electron chi connectivity index (χ3n) is 4.05. The van der Waals surface area contributed by atoms with Gasteiger partial charge < -0.3 is 9.32 Å². The molecule has 1 heterocycles. The molecular weight excluding hydrogens is 332 g/mol. The second kappa shape index (κ2) is 8.11. The summed E-state index contributed by atoms with van der Waals surface area (Å²) in [5.41, 5.74) is 1.51. The van der Waals surface area contributed by atoms with Crippen LogP contribution in [0.2, 0.25) is 0 Å². The van der Waals surface area contributed by atoms with E-state index in [1.165, 1.54) is 24.3 Å². The van der Waals surface area contributed by atoms with Crippen LogP contribution in [0.4, 0.5) is 5.69 Å². The van der Waals surface area contributed by atoms with E-state index in [4.69, 9.17) is 4.42 Å². The van der Waals surface area contributed by atoms with Crippen molar-refractivity contribution in [3.05, 3.63) is 100.0 Å². The number of rotatable bonds is 7. The van der Waals surface area contributed by atoms with Crippen LogP contribution in [0, 0.1) is 10.1 Å². The van der Waals surface area contributed by atoms with Gasteiger partial charge in [-0.2, -0.15) is 0 Å². The zero-order valence-corrected chi connectivity index (χ0v) is 14.1. The van der Waals surface area contributed by atoms with Crippen molar-refractivity contribution in [2.45, 2.75) is 13.0 Å². The van der Waals surface area contributed by atoms with Gasteiger partial charge in [0.2, 0.25) is 0 Å². The Labute approximate surface area is 150 Å². The van der Waals surface area contributed by atoms with Crippen molar-refractivity contribution in [1.29, 1.82) is 0 Å². The van der Waals surface area contributed by atoms with Crippen LogP contribution in [-0.4, -0.2) is 22.3 Å². The maximum Gasteiger partial charge on any atom is 0.269 e. The summed E-state index contributed by atoms with van der Waals surface area (Å²) in [6.45, 7) is 0.857. The van der Waals surface area contributed by atoms with E-state index in [-0.39, 0.29) is 11.6 Å². The number of non-ortho nitro benzene ring substituents is 1. The first-order valence-corrected chi connectivity index (χ1v) is 8.23. The Morgan fingerprint density at radius 1 is 1.00 bits per heavy atom. The maximum absolute atomic E-state index is 12.9. The summed E-state index contributed by atoms with van der Waals surface area (Å²) in [4.78, 5) is 24.9. The number of hydrogen-bond donors (Lipinski definition) is 0. The fraction of sp³-hybridized carbons (Fsp3) is 0.150. The predicted molar refractivity (Wildman–Crippen MR) is 96.7 cm³/mol. The molecule has 3 rings (SSSR count). The molecule has 6 heteroatoms. The largest absolute Gasteiger partial charge is 0.467 e. The van der Waals surface area contributed by atoms with Crippen molar-refractivity contribution >= 4 is 11.6 Å². The average Bonchev–Trinajstić information content (AvgIpc) is 3.18. The Morgan fingerprint density at radius 2 is 1.73 bits per heavy atom. The van der Waals surface area contributed by atoms with Gasteiger partial charge in [0.05, 0.1) is 17.7 Å². The van der Waals surface area contributed by atoms with E-state index in [1.54, 1.807) is 17.2 Å². The van der Waals surface area contributed by atoms with Crippen molar-refractivity contribution in [2.75, 3.05) is 6.54 Å². The lowest BCUT2D eigenvalue weighted by atomic mass is 10.1. The lowest BCUT2D eigenvalue weighted by molar-refractivity contribution is -0.384. The molecule has 0 saturated carbocycles. The molecule has 132 valence electrons. The molecule has 0 fully saturated rings. The van der Waals surface area contributed by atoms with Gasteiger partial charge in [0.15, 0.2) is 0 Å². The molecule has 0 saturated heterocycles. The van der Waals surface area contributed by atoms with Crippen LogP contribution in [0.25, 0.3) is 0 Å². The molecule has 1 aromatic heterocycles. The molecule has 1 amide bonds. The molecule has 0 aliphatic carbocycles. The van der Waals surface area contributed by atoms with Gasteiger partial charge in [0.1, 0.15) is 5.76 Å². The molecule has 0 aliphatic heterocycles. The third kappa shape index (κ3) is 4.36. The highest BCUT2D eigenvalue weighted by molar-refractivity contribution is 5.94. The normalized spacial score (nSPS) is 10.5. The van der Waals surface area contributed by atoms with Crippen LogP contribution in [0.15, 0.2) is 77.4 Å². The minimum atomic E-state index is -0.482. The number of carbonyl (C=O) groups excluding carboxylic acids is 1. The second-order valence-electron chi connectivity index (χ2n) is 5.85. The van der Waals surface area contributed by atoms with Crippen molar-refractivity contribution in [3.63, 3.8) is 0 Å². The van der Waals surface area contributed by atoms with E-state index in [2.05, 4.69) is 0 Å². The van der Waals surface area contributed by atoms with Crippen molar-refractivity contribution in [2.24, 2.45) is 0 Å². The fourth-order valence-corrected chi connectivity index (χ4v) is 2.66. The SMILES string of the molecule is O=C(c1ccc([N+](=O)[O-])cc1)N(CCc1ccccc1)Cc1ccco1. The van der Waals surface area contributed by atoms with Crippen LogP contribution in [-0.2, 0) is 13.0 Å². The topological polar surface area (TPSA) is 76.6 Å². The van der Waals surface area contributed by atoms with Crippen LogP contribution < -0.4 is 0 Å². The Kier molecular flexibility index (Phi) is 5.43. The number of carbonyl (C=O) groups is 1. The van der Waals surface area contributed by atoms with Gasteiger partial charge in [-0.05, 0) is 36.2 Å². The first kappa shape index (κ1) is 17.4. The molecule has 6 nitrogen and oxygen atoms in total. The quantitative estimate of drug-likeness (QED) is 0.475. The van der Waals surface area contributed by atoms with Gasteiger partial charge in [0.25, 0.3) is 11.6 Å². The molecule has 0 aliphatic rings. The zero-order chi connectivity index (χ0) is 18.4. The summed E-state index contributed by atoms with van der Waals surface area (Å²) in [5, 5.41) is 10.8. The van der Waals surface area contributed by atoms with E-state index in [0.29, 0.717) is 30.8 Å². The van der Waals surface area contributed by atoms with Crippen LogP contribution in [0.3, 0.4) is 0 Å². The summed E-state index contributed by atoms with van der Waals surface area (Å²) in [6, 6.07) is 19.2. The summed E-state index contributed by atoms with van der Waals surface area (Å²) >= 11 is 0. The molecule has 2 aromatic carbocycles. The molecular formula is C20H18N2O4. The Hall–Kier alpha value is -3.41. The number of furan rings is 1. The number of benzene rings is 2. The van der Waals surface area contributed by atoms with Crippen molar-refractivity contribution in [3.8, 4) is 0 Å². The Bertz CT molecular complexity index is 859. The molecule has 3 aromatic rings. The fourth-order valence-electron chi connectivity index (χ4n) is 2.66. The average molecular weight is 350 g/mol. The zero-order valence-electron chi connectivity index (χ0n) is 14.1. The van der Waals surface area contributed by atoms with Gasteiger partial charge in [-0.1, -0.05) is 30.3 Å². The summed E-state index contributed by atoms with van der Waals surface area (Å²) in [7, 11) is 0. The number of nitro benzene ring substituents is 1. The van der Waals surface area contributed by atoms with E-state index < -0.39 is 4.92 Å². The highest BCUT2D eigenvalue weighted by Crippen LogP contribution is 2.16. The predicted octanol–water partition coefficient (Wildman–Crippen LogP) is 4.07. The molecule has 0 N–H and O–H groups in total. The lowest BCUT2D eigenvalue weighted by Gasteiger charge is -2.22. The van der Waals surface area contributed by atoms with E-state index in [9.17, 15) is 14.9 Å². The summed E-state index contributed by atoms with van der Waals surface area (Å²) in [5.74, 6) is 0.501. The first-order chi connectivity index (χ1) is 12.6. The molecule has 0 bridgehead atoms. The molecule has 0 radical (unpaired) electrons. The number of nitrogens with zero attached hydrogens (tertiary/aromatic N) is 2. The molecule has 0 spiro atoms. The van der Waals surface area contributed by atoms with Gasteiger partial charge in [0, 0.05) is 24.2 Å². The standard InChI is InChI=1S/C20H18N2O4/c23-20(17-8-10-18(11-9-17)22(24)25)21(15-19-7-4-14-26-19)13-12-16-5-2-1-3-6-16/h1-11,14H,12-13,15H2. The monoisotopic (exact) mass is 350 g/mol. The second-order valence-corrected chi connectivity index (χ2v) is 5.85. The first-order valence-electron chi connectivity index (χ1n) is 8.23. The van der Waals surface area contributed by atoms with Crippen LogP contribution >= 0.6 is 0 Å². The highest BCUT2D eigenvalue weighted by atomic mass is 16.6. The van der Waals surface area contributed by atoms with Gasteiger partial charge in [-0.25, -0.2) is 0 Å². The number of nitro groups is 1. The maximum atomic E-state index is 12.9. The van der Waals surface area contributed by atoms with Gasteiger partial charge >= 0.3 is 0 Å². The summed E-state index contributed by atoms with van der Waals surface area (Å²) in [6.07, 6.45) is 2.28. The summed E-state index contributed by atoms with van der Waals surface area (Å²) < 4.78 is 5.37. The van der Waals surface area contributed by atoms with Crippen LogP contribution in [0.1, 0.15) is 21.7 Å². The Morgan fingerprint density at radius 3 is 2.35 bits per heavy atom. The number of amides is 1. The molecule has 26 heavy (non-hydrogen) atoms. The van der Waals surface area contributed by atoms with Gasteiger partial charge in [-0.15, -0.1) is 0 Å². The van der Waals surface area contributed by atoms with Gasteiger partial charge in [-0.3, -0.25) is 14.9 Å². The van der Waals surface area contributed by atoms with Crippen molar-refractivity contribution in [1.82, 2.24) is 4.90 Å². The molecule has 0 unspecified atom stereocenters. The third-order valence-corrected chi connectivity index (χ3v) is 4.05. The smallest absolute Gasteiger partial charge is 0.269 e. The highest BCUT2D eigenvalue weighted by Gasteiger charge is 2.18. The van der Waals surface area contributed by atoms with E-state index >= 15 is 0 Å². The van der Waals surface area contributed by atoms with Crippen LogP contribution in [0.5, 0.6) is 0 Å².